The first kappa shape index (κ1) is 17.1. The van der Waals surface area contributed by atoms with E-state index in [1.807, 2.05) is 19.1 Å². The van der Waals surface area contributed by atoms with Gasteiger partial charge in [-0.2, -0.15) is 4.52 Å². The van der Waals surface area contributed by atoms with Gasteiger partial charge in [-0.25, -0.2) is 4.79 Å². The fourth-order valence-corrected chi connectivity index (χ4v) is 3.84. The fraction of sp³-hybridized carbons (Fsp3) is 0.667. The van der Waals surface area contributed by atoms with Crippen molar-refractivity contribution in [2.24, 2.45) is 5.92 Å². The van der Waals surface area contributed by atoms with Crippen LogP contribution in [0.25, 0.3) is 5.65 Å². The topological polar surface area (TPSA) is 87.5 Å². The highest BCUT2D eigenvalue weighted by molar-refractivity contribution is 5.74. The van der Waals surface area contributed by atoms with Crippen LogP contribution in [0.2, 0.25) is 0 Å². The van der Waals surface area contributed by atoms with Gasteiger partial charge in [-0.15, -0.1) is 15.3 Å². The lowest BCUT2D eigenvalue weighted by molar-refractivity contribution is 0.232. The Kier molecular flexibility index (Phi) is 4.90. The maximum atomic E-state index is 12.1. The van der Waals surface area contributed by atoms with E-state index >= 15 is 0 Å². The van der Waals surface area contributed by atoms with Crippen LogP contribution in [-0.4, -0.2) is 51.5 Å². The van der Waals surface area contributed by atoms with Gasteiger partial charge in [-0.05, 0) is 31.9 Å². The van der Waals surface area contributed by atoms with E-state index in [0.29, 0.717) is 18.5 Å². The Morgan fingerprint density at radius 3 is 2.69 bits per heavy atom. The first-order valence-corrected chi connectivity index (χ1v) is 9.67. The van der Waals surface area contributed by atoms with Crippen molar-refractivity contribution >= 4 is 17.5 Å². The van der Waals surface area contributed by atoms with E-state index in [-0.39, 0.29) is 6.03 Å². The van der Waals surface area contributed by atoms with Gasteiger partial charge >= 0.3 is 6.03 Å². The smallest absolute Gasteiger partial charge is 0.315 e. The van der Waals surface area contributed by atoms with Crippen LogP contribution in [0.4, 0.5) is 10.6 Å². The second-order valence-corrected chi connectivity index (χ2v) is 7.52. The Hall–Kier alpha value is -2.38. The summed E-state index contributed by atoms with van der Waals surface area (Å²) in [6.07, 6.45) is 7.28. The summed E-state index contributed by atoms with van der Waals surface area (Å²) in [6.45, 7) is 4.42. The van der Waals surface area contributed by atoms with Gasteiger partial charge in [0.05, 0.1) is 0 Å². The maximum Gasteiger partial charge on any atom is 0.315 e. The van der Waals surface area contributed by atoms with E-state index in [4.69, 9.17) is 0 Å². The number of hydrogen-bond donors (Lipinski definition) is 2. The highest BCUT2D eigenvalue weighted by Crippen LogP contribution is 2.22. The minimum absolute atomic E-state index is 0.0185. The molecule has 0 atom stereocenters. The minimum atomic E-state index is -0.0185. The summed E-state index contributed by atoms with van der Waals surface area (Å²) in [5, 5.41) is 18.9. The van der Waals surface area contributed by atoms with Crippen molar-refractivity contribution < 1.29 is 4.79 Å². The van der Waals surface area contributed by atoms with Crippen LogP contribution in [0.3, 0.4) is 0 Å². The van der Waals surface area contributed by atoms with Crippen LogP contribution in [0.5, 0.6) is 0 Å². The molecule has 0 bridgehead atoms. The zero-order valence-corrected chi connectivity index (χ0v) is 15.3. The minimum Gasteiger partial charge on any atom is -0.354 e. The van der Waals surface area contributed by atoms with Gasteiger partial charge < -0.3 is 15.5 Å². The van der Waals surface area contributed by atoms with Gasteiger partial charge in [0, 0.05) is 31.6 Å². The number of urea groups is 1. The Bertz CT molecular complexity index is 760. The number of carbonyl (C=O) groups is 1. The second-order valence-electron chi connectivity index (χ2n) is 7.52. The first-order valence-electron chi connectivity index (χ1n) is 9.67. The average Bonchev–Trinajstić information content (AvgIpc) is 2.80. The van der Waals surface area contributed by atoms with Crippen LogP contribution in [-0.2, 0) is 0 Å². The molecular weight excluding hydrogens is 330 g/mol. The molecule has 140 valence electrons. The third-order valence-corrected chi connectivity index (χ3v) is 5.43. The Morgan fingerprint density at radius 1 is 1.15 bits per heavy atom. The number of nitrogens with zero attached hydrogens (tertiary/aromatic N) is 5. The average molecular weight is 357 g/mol. The third-order valence-electron chi connectivity index (χ3n) is 5.43. The largest absolute Gasteiger partial charge is 0.354 e. The second kappa shape index (κ2) is 7.47. The molecule has 8 nitrogen and oxygen atoms in total. The summed E-state index contributed by atoms with van der Waals surface area (Å²) < 4.78 is 1.76. The zero-order chi connectivity index (χ0) is 17.9. The molecule has 1 aliphatic carbocycles. The summed E-state index contributed by atoms with van der Waals surface area (Å²) in [7, 11) is 0. The Balaban J connectivity index is 1.22. The molecule has 1 saturated heterocycles. The molecule has 3 heterocycles. The lowest BCUT2D eigenvalue weighted by Gasteiger charge is -2.40. The molecule has 4 rings (SSSR count). The molecule has 2 amide bonds. The monoisotopic (exact) mass is 357 g/mol. The van der Waals surface area contributed by atoms with Crippen LogP contribution < -0.4 is 15.5 Å². The van der Waals surface area contributed by atoms with Crippen molar-refractivity contribution in [1.29, 1.82) is 0 Å². The first-order chi connectivity index (χ1) is 12.7. The third kappa shape index (κ3) is 3.73. The lowest BCUT2D eigenvalue weighted by atomic mass is 10.0. The molecule has 1 aliphatic heterocycles. The van der Waals surface area contributed by atoms with E-state index in [2.05, 4.69) is 30.8 Å². The Morgan fingerprint density at radius 2 is 1.92 bits per heavy atom. The van der Waals surface area contributed by atoms with Gasteiger partial charge in [-0.3, -0.25) is 0 Å². The van der Waals surface area contributed by atoms with Crippen molar-refractivity contribution in [2.75, 3.05) is 24.5 Å². The maximum absolute atomic E-state index is 12.1. The number of aryl methyl sites for hydroxylation is 1. The molecule has 0 radical (unpaired) electrons. The summed E-state index contributed by atoms with van der Waals surface area (Å²) in [4.78, 5) is 14.3. The number of fused-ring (bicyclic) bond motifs is 1. The van der Waals surface area contributed by atoms with Crippen molar-refractivity contribution in [3.63, 3.8) is 0 Å². The quantitative estimate of drug-likeness (QED) is 0.816. The highest BCUT2D eigenvalue weighted by Gasteiger charge is 2.28. The molecule has 2 aromatic heterocycles. The van der Waals surface area contributed by atoms with Gasteiger partial charge in [0.25, 0.3) is 0 Å². The number of aromatic nitrogens is 4. The van der Waals surface area contributed by atoms with E-state index in [0.717, 1.165) is 43.2 Å². The van der Waals surface area contributed by atoms with Crippen molar-refractivity contribution in [3.8, 4) is 0 Å². The van der Waals surface area contributed by atoms with Crippen molar-refractivity contribution in [3.05, 3.63) is 18.0 Å². The summed E-state index contributed by atoms with van der Waals surface area (Å²) in [5.41, 5.74) is 0.764. The van der Waals surface area contributed by atoms with Gasteiger partial charge in [0.1, 0.15) is 5.82 Å². The standard InChI is InChI=1S/C18H27N7O/c1-13-21-22-16-8-9-17(23-25(13)16)24-11-14(12-24)10-19-18(26)20-15-6-4-2-3-5-7-15/h8-9,14-15H,2-7,10-12H2,1H3,(H2,19,20,26). The summed E-state index contributed by atoms with van der Waals surface area (Å²) >= 11 is 0. The van der Waals surface area contributed by atoms with E-state index in [1.165, 1.54) is 25.7 Å². The summed E-state index contributed by atoms with van der Waals surface area (Å²) in [5.74, 6) is 2.18. The Labute approximate surface area is 153 Å². The van der Waals surface area contributed by atoms with Gasteiger partial charge in [0.2, 0.25) is 0 Å². The molecule has 2 fully saturated rings. The normalized spacial score (nSPS) is 19.2. The van der Waals surface area contributed by atoms with Crippen LogP contribution in [0.1, 0.15) is 44.3 Å². The van der Waals surface area contributed by atoms with E-state index in [9.17, 15) is 4.79 Å². The number of anilines is 1. The van der Waals surface area contributed by atoms with Crippen LogP contribution in [0, 0.1) is 12.8 Å². The van der Waals surface area contributed by atoms with Crippen molar-refractivity contribution in [1.82, 2.24) is 30.4 Å². The number of hydrogen-bond acceptors (Lipinski definition) is 5. The van der Waals surface area contributed by atoms with Gasteiger partial charge in [0.15, 0.2) is 11.5 Å². The van der Waals surface area contributed by atoms with E-state index < -0.39 is 0 Å². The van der Waals surface area contributed by atoms with Crippen LogP contribution in [0.15, 0.2) is 12.1 Å². The molecule has 2 aliphatic rings. The highest BCUT2D eigenvalue weighted by atomic mass is 16.2. The molecule has 2 N–H and O–H groups in total. The van der Waals surface area contributed by atoms with Gasteiger partial charge in [-0.1, -0.05) is 25.7 Å². The molecule has 26 heavy (non-hydrogen) atoms. The fourth-order valence-electron chi connectivity index (χ4n) is 3.84. The molecule has 0 unspecified atom stereocenters. The molecule has 0 spiro atoms. The SMILES string of the molecule is Cc1nnc2ccc(N3CC(CNC(=O)NC4CCCCCC4)C3)nn12. The predicted molar refractivity (Wildman–Crippen MR) is 99.2 cm³/mol. The molecule has 8 heteroatoms. The number of nitrogens with one attached hydrogen (secondary N) is 2. The number of rotatable bonds is 4. The predicted octanol–water partition coefficient (Wildman–Crippen LogP) is 1.89. The number of amides is 2. The zero-order valence-electron chi connectivity index (χ0n) is 15.3. The lowest BCUT2D eigenvalue weighted by Crippen LogP contribution is -2.53. The van der Waals surface area contributed by atoms with E-state index in [1.54, 1.807) is 4.52 Å². The van der Waals surface area contributed by atoms with Crippen LogP contribution >= 0.6 is 0 Å². The molecule has 2 aromatic rings. The molecular formula is C18H27N7O. The number of carbonyl (C=O) groups excluding carboxylic acids is 1. The molecule has 1 saturated carbocycles. The summed E-state index contributed by atoms with van der Waals surface area (Å²) in [6, 6.07) is 4.24. The van der Waals surface area contributed by atoms with Crippen molar-refractivity contribution in [2.45, 2.75) is 51.5 Å². The molecule has 0 aromatic carbocycles.